The number of piperazine rings is 1. The van der Waals surface area contributed by atoms with E-state index >= 15 is 0 Å². The number of carbonyl (C=O) groups excluding carboxylic acids is 2. The topological polar surface area (TPSA) is 168 Å². The van der Waals surface area contributed by atoms with E-state index in [1.54, 1.807) is 42.6 Å². The maximum absolute atomic E-state index is 13.8. The molecule has 5 aliphatic heterocycles. The first-order valence-corrected chi connectivity index (χ1v) is 25.1. The van der Waals surface area contributed by atoms with Crippen LogP contribution in [0.2, 0.25) is 5.02 Å². The van der Waals surface area contributed by atoms with Crippen LogP contribution in [0.3, 0.4) is 0 Å². The summed E-state index contributed by atoms with van der Waals surface area (Å²) in [4.78, 5) is 51.1. The molecule has 0 radical (unpaired) electrons. The summed E-state index contributed by atoms with van der Waals surface area (Å²) in [5.74, 6) is -0.632. The number of aliphatic imine (C=N–C) groups is 2. The van der Waals surface area contributed by atoms with Crippen molar-refractivity contribution in [2.45, 2.75) is 44.4 Å². The van der Waals surface area contributed by atoms with Crippen LogP contribution < -0.4 is 4.72 Å². The van der Waals surface area contributed by atoms with Crippen molar-refractivity contribution in [1.29, 1.82) is 0 Å². The van der Waals surface area contributed by atoms with Gasteiger partial charge in [-0.2, -0.15) is 0 Å². The van der Waals surface area contributed by atoms with Crippen LogP contribution >= 0.6 is 50.2 Å². The molecule has 15 nitrogen and oxygen atoms in total. The summed E-state index contributed by atoms with van der Waals surface area (Å²) in [6.07, 6.45) is 4.72. The molecule has 0 saturated carbocycles. The number of carbonyl (C=O) groups is 2. The number of halogens is 4. The van der Waals surface area contributed by atoms with Gasteiger partial charge < -0.3 is 24.0 Å². The van der Waals surface area contributed by atoms with Crippen molar-refractivity contribution in [3.8, 4) is 0 Å². The second-order valence-corrected chi connectivity index (χ2v) is 19.9. The van der Waals surface area contributed by atoms with Crippen molar-refractivity contribution >= 4 is 83.8 Å². The maximum Gasteiger partial charge on any atom is 0.338 e. The van der Waals surface area contributed by atoms with Crippen molar-refractivity contribution < 1.29 is 41.0 Å². The Hall–Kier alpha value is -4.48. The molecule has 4 aromatic rings. The Morgan fingerprint density at radius 1 is 0.875 bits per heavy atom. The quantitative estimate of drug-likeness (QED) is 0.168. The van der Waals surface area contributed by atoms with E-state index in [9.17, 15) is 26.8 Å². The number of rotatable bonds is 11. The number of esters is 2. The lowest BCUT2D eigenvalue weighted by atomic mass is 9.93. The number of benzene rings is 2. The summed E-state index contributed by atoms with van der Waals surface area (Å²) in [5.41, 5.74) is 3.33. The summed E-state index contributed by atoms with van der Waals surface area (Å²) in [6, 6.07) is 6.73. The summed E-state index contributed by atoms with van der Waals surface area (Å²) in [7, 11) is -3.48. The third kappa shape index (κ3) is 9.72. The highest BCUT2D eigenvalue weighted by Crippen LogP contribution is 2.44. The highest BCUT2D eigenvalue weighted by atomic mass is 79.9. The fourth-order valence-electron chi connectivity index (χ4n) is 8.13. The molecule has 0 spiro atoms. The normalized spacial score (nSPS) is 21.3. The molecule has 2 aromatic carbocycles. The number of fused-ring (bicyclic) bond motifs is 2. The van der Waals surface area contributed by atoms with Crippen molar-refractivity contribution in [3.05, 3.63) is 124 Å². The minimum Gasteiger partial charge on any atom is -0.463 e. The van der Waals surface area contributed by atoms with Gasteiger partial charge in [0, 0.05) is 88.2 Å². The molecule has 0 unspecified atom stereocenters. The predicted molar refractivity (Wildman–Crippen MR) is 242 cm³/mol. The minimum absolute atomic E-state index is 0.122. The molecule has 0 bridgehead atoms. The van der Waals surface area contributed by atoms with Gasteiger partial charge in [0.2, 0.25) is 10.0 Å². The molecule has 0 aliphatic carbocycles. The van der Waals surface area contributed by atoms with Crippen LogP contribution in [0.5, 0.6) is 0 Å². The van der Waals surface area contributed by atoms with E-state index in [1.807, 2.05) is 5.38 Å². The second kappa shape index (κ2) is 19.5. The Bertz CT molecular complexity index is 2660. The number of thiazole rings is 2. The monoisotopic (exact) mass is 1020 g/mol. The zero-order valence-electron chi connectivity index (χ0n) is 34.7. The van der Waals surface area contributed by atoms with Crippen molar-refractivity contribution in [3.63, 3.8) is 0 Å². The molecule has 0 amide bonds. The van der Waals surface area contributed by atoms with Gasteiger partial charge in [0.05, 0.1) is 49.9 Å². The van der Waals surface area contributed by atoms with Crippen LogP contribution in [0.15, 0.2) is 96.5 Å². The van der Waals surface area contributed by atoms with Crippen LogP contribution in [0.4, 0.5) is 8.78 Å². The standard InChI is InChI=1S/C22H22BrFN4O3S.C20H20ClFN4O4S2/c1-2-31-22(29)18-17-10-27(14-11-30-12-14)6-7-28(17)20(21-25-5-8-32-21)26-19(18)15-4-3-13(24)9-16(15)23;1-3-30-20(27)16-15-9-12(25-32(2,28)29)10-26(15)18(19-23-6-7-31-19)24-17(16)13-5-4-11(22)8-14(13)21/h3-5,8-9,14,19H,2,6-7,10-12H2,1H3;4-8,12,17,25H,3,9-10H2,1-2H3/t19-;12-,17-/m00/s1. The average molecular weight is 1020 g/mol. The summed E-state index contributed by atoms with van der Waals surface area (Å²) >= 11 is 12.7. The molecule has 5 aliphatic rings. The lowest BCUT2D eigenvalue weighted by Gasteiger charge is -2.46. The molecular weight excluding hydrogens is 978 g/mol. The molecule has 22 heteroatoms. The largest absolute Gasteiger partial charge is 0.463 e. The number of nitrogens with one attached hydrogen (secondary N) is 1. The summed E-state index contributed by atoms with van der Waals surface area (Å²) in [6.45, 7) is 7.66. The number of hydrogen-bond donors (Lipinski definition) is 1. The Balaban J connectivity index is 0.000000175. The molecule has 64 heavy (non-hydrogen) atoms. The first-order chi connectivity index (χ1) is 30.7. The van der Waals surface area contributed by atoms with Crippen LogP contribution in [-0.4, -0.2) is 128 Å². The van der Waals surface area contributed by atoms with E-state index in [2.05, 4.69) is 40.4 Å². The zero-order valence-corrected chi connectivity index (χ0v) is 39.5. The lowest BCUT2D eigenvalue weighted by molar-refractivity contribution is -0.140. The molecule has 3 fully saturated rings. The highest BCUT2D eigenvalue weighted by Gasteiger charge is 2.44. The Labute approximate surface area is 389 Å². The third-order valence-electron chi connectivity index (χ3n) is 10.9. The smallest absolute Gasteiger partial charge is 0.338 e. The van der Waals surface area contributed by atoms with Crippen LogP contribution in [0.1, 0.15) is 53.5 Å². The number of nitrogens with zero attached hydrogens (tertiary/aromatic N) is 7. The molecular formula is C42H42BrClF2N8O7S3. The van der Waals surface area contributed by atoms with E-state index in [0.29, 0.717) is 70.1 Å². The van der Waals surface area contributed by atoms with Gasteiger partial charge in [0.15, 0.2) is 21.7 Å². The number of sulfonamides is 1. The molecule has 3 atom stereocenters. The van der Waals surface area contributed by atoms with E-state index in [-0.39, 0.29) is 42.6 Å². The van der Waals surface area contributed by atoms with Gasteiger partial charge in [-0.15, -0.1) is 22.7 Å². The van der Waals surface area contributed by atoms with Gasteiger partial charge in [-0.25, -0.2) is 41.5 Å². The summed E-state index contributed by atoms with van der Waals surface area (Å²) < 4.78 is 70.6. The van der Waals surface area contributed by atoms with E-state index in [4.69, 9.17) is 35.8 Å². The SMILES string of the molecule is CCOC(=O)C1=C2CN(C3COC3)CCN2C(c2nccs2)=N[C@H]1c1ccc(F)cc1Br.CCOC(=O)C1=C2C[C@H](NS(C)(=O)=O)CN2C(c2nccs2)=N[C@H]1c1ccc(F)cc1Cl. The first kappa shape index (κ1) is 46.1. The highest BCUT2D eigenvalue weighted by molar-refractivity contribution is 9.10. The Morgan fingerprint density at radius 2 is 1.45 bits per heavy atom. The average Bonchev–Trinajstić information content (AvgIpc) is 4.03. The number of hydrogen-bond acceptors (Lipinski definition) is 16. The van der Waals surface area contributed by atoms with E-state index < -0.39 is 45.9 Å². The van der Waals surface area contributed by atoms with Crippen LogP contribution in [0.25, 0.3) is 0 Å². The van der Waals surface area contributed by atoms with Gasteiger partial charge in [0.1, 0.15) is 23.7 Å². The summed E-state index contributed by atoms with van der Waals surface area (Å²) in [5, 5.41) is 5.22. The van der Waals surface area contributed by atoms with Crippen molar-refractivity contribution in [2.75, 3.05) is 58.9 Å². The van der Waals surface area contributed by atoms with Gasteiger partial charge in [-0.1, -0.05) is 39.7 Å². The van der Waals surface area contributed by atoms with Crippen LogP contribution in [-0.2, 0) is 33.8 Å². The third-order valence-corrected chi connectivity index (χ3v) is 14.2. The predicted octanol–water partition coefficient (Wildman–Crippen LogP) is 6.26. The van der Waals surface area contributed by atoms with E-state index in [1.165, 1.54) is 46.9 Å². The number of amidine groups is 2. The molecule has 7 heterocycles. The zero-order chi connectivity index (χ0) is 45.3. The molecule has 338 valence electrons. The molecule has 3 saturated heterocycles. The van der Waals surface area contributed by atoms with Gasteiger partial charge in [0.25, 0.3) is 0 Å². The van der Waals surface area contributed by atoms with Gasteiger partial charge >= 0.3 is 11.9 Å². The maximum atomic E-state index is 13.8. The number of ether oxygens (including phenoxy) is 3. The van der Waals surface area contributed by atoms with Crippen molar-refractivity contribution in [2.24, 2.45) is 9.98 Å². The lowest BCUT2D eigenvalue weighted by Crippen LogP contribution is -2.58. The fourth-order valence-corrected chi connectivity index (χ4v) is 11.0. The van der Waals surface area contributed by atoms with Gasteiger partial charge in [-0.05, 0) is 43.7 Å². The fraction of sp³-hybridized carbons (Fsp3) is 0.381. The van der Waals surface area contributed by atoms with Crippen LogP contribution in [0, 0.1) is 11.6 Å². The molecule has 2 aromatic heterocycles. The molecule has 9 rings (SSSR count). The van der Waals surface area contributed by atoms with Gasteiger partial charge in [-0.3, -0.25) is 14.9 Å². The molecule has 1 N–H and O–H groups in total. The minimum atomic E-state index is -3.48. The van der Waals surface area contributed by atoms with Crippen molar-refractivity contribution in [1.82, 2.24) is 29.4 Å². The Kier molecular flexibility index (Phi) is 14.1. The second-order valence-electron chi connectivity index (χ2n) is 15.1. The van der Waals surface area contributed by atoms with E-state index in [0.717, 1.165) is 35.4 Å². The first-order valence-electron chi connectivity index (χ1n) is 20.2. The Morgan fingerprint density at radius 3 is 1.98 bits per heavy atom. The number of aromatic nitrogens is 2.